The van der Waals surface area contributed by atoms with Crippen LogP contribution < -0.4 is 27.8 Å². The molecule has 0 aromatic rings. The van der Waals surface area contributed by atoms with Crippen molar-refractivity contribution < 1.29 is 9.59 Å². The Hall–Kier alpha value is -1.18. The van der Waals surface area contributed by atoms with Gasteiger partial charge >= 0.3 is 0 Å². The predicted octanol–water partition coefficient (Wildman–Crippen LogP) is -2.37. The summed E-state index contributed by atoms with van der Waals surface area (Å²) in [7, 11) is 0. The average Bonchev–Trinajstić information content (AvgIpc) is 2.25. The number of carbonyl (C=O) groups excluding carboxylic acids is 2. The Morgan fingerprint density at radius 3 is 2.24 bits per heavy atom. The van der Waals surface area contributed by atoms with Crippen molar-refractivity contribution in [2.75, 3.05) is 26.2 Å². The number of primary amides is 2. The number of hydrogen-bond acceptors (Lipinski definition) is 5. The highest BCUT2D eigenvalue weighted by atomic mass is 16.2. The fraction of sp³-hybridized carbons (Fsp3) is 0.800. The van der Waals surface area contributed by atoms with Gasteiger partial charge in [0.15, 0.2) is 0 Å². The van der Waals surface area contributed by atoms with E-state index in [1.807, 2.05) is 0 Å². The van der Waals surface area contributed by atoms with Gasteiger partial charge in [-0.1, -0.05) is 0 Å². The molecule has 1 atom stereocenters. The molecule has 2 amide bonds. The SMILES string of the molecule is NCCCNCCCN[C@@H](CC(N)=O)C(N)=O. The first kappa shape index (κ1) is 15.8. The van der Waals surface area contributed by atoms with Crippen LogP contribution in [-0.2, 0) is 9.59 Å². The molecule has 0 saturated carbocycles. The zero-order valence-corrected chi connectivity index (χ0v) is 10.1. The Labute approximate surface area is 101 Å². The van der Waals surface area contributed by atoms with E-state index in [1.54, 1.807) is 0 Å². The van der Waals surface area contributed by atoms with Crippen LogP contribution in [0.3, 0.4) is 0 Å². The standard InChI is InChI=1S/C10H23N5O2/c11-3-1-4-14-5-2-6-15-8(10(13)17)7-9(12)16/h8,14-15H,1-7,11H2,(H2,12,16)(H2,13,17)/t8-/m0/s1. The van der Waals surface area contributed by atoms with Crippen LogP contribution in [0.25, 0.3) is 0 Å². The maximum atomic E-state index is 11.0. The van der Waals surface area contributed by atoms with E-state index in [9.17, 15) is 9.59 Å². The van der Waals surface area contributed by atoms with Gasteiger partial charge in [-0.15, -0.1) is 0 Å². The first-order chi connectivity index (χ1) is 8.07. The normalized spacial score (nSPS) is 12.3. The Morgan fingerprint density at radius 2 is 1.71 bits per heavy atom. The summed E-state index contributed by atoms with van der Waals surface area (Å²) >= 11 is 0. The van der Waals surface area contributed by atoms with Crippen molar-refractivity contribution in [2.45, 2.75) is 25.3 Å². The lowest BCUT2D eigenvalue weighted by molar-refractivity contribution is -0.125. The van der Waals surface area contributed by atoms with Gasteiger partial charge in [0, 0.05) is 0 Å². The second-order valence-electron chi connectivity index (χ2n) is 3.83. The number of nitrogens with one attached hydrogen (secondary N) is 2. The predicted molar refractivity (Wildman–Crippen MR) is 66.0 cm³/mol. The van der Waals surface area contributed by atoms with Gasteiger partial charge in [-0.25, -0.2) is 0 Å². The summed E-state index contributed by atoms with van der Waals surface area (Å²) in [5.41, 5.74) is 15.5. The Balaban J connectivity index is 3.55. The molecule has 0 radical (unpaired) electrons. The van der Waals surface area contributed by atoms with Gasteiger partial charge < -0.3 is 27.8 Å². The minimum Gasteiger partial charge on any atom is -0.370 e. The van der Waals surface area contributed by atoms with Crippen molar-refractivity contribution in [3.63, 3.8) is 0 Å². The summed E-state index contributed by atoms with van der Waals surface area (Å²) in [4.78, 5) is 21.6. The third kappa shape index (κ3) is 9.73. The second kappa shape index (κ2) is 10.0. The van der Waals surface area contributed by atoms with Gasteiger partial charge in [0.05, 0.1) is 12.5 Å². The molecule has 0 aromatic heterocycles. The zero-order chi connectivity index (χ0) is 13.1. The summed E-state index contributed by atoms with van der Waals surface area (Å²) in [6.45, 7) is 3.00. The van der Waals surface area contributed by atoms with E-state index in [4.69, 9.17) is 17.2 Å². The van der Waals surface area contributed by atoms with Gasteiger partial charge in [0.2, 0.25) is 11.8 Å². The molecule has 0 rings (SSSR count). The third-order valence-corrected chi connectivity index (χ3v) is 2.23. The maximum Gasteiger partial charge on any atom is 0.235 e. The van der Waals surface area contributed by atoms with Gasteiger partial charge in [0.1, 0.15) is 0 Å². The highest BCUT2D eigenvalue weighted by molar-refractivity contribution is 5.86. The Bertz CT molecular complexity index is 235. The van der Waals surface area contributed by atoms with Crippen LogP contribution in [0.2, 0.25) is 0 Å². The lowest BCUT2D eigenvalue weighted by Gasteiger charge is -2.13. The number of nitrogens with two attached hydrogens (primary N) is 3. The van der Waals surface area contributed by atoms with Crippen LogP contribution in [0.5, 0.6) is 0 Å². The Morgan fingerprint density at radius 1 is 1.06 bits per heavy atom. The number of amides is 2. The molecule has 0 aliphatic heterocycles. The van der Waals surface area contributed by atoms with Crippen molar-refractivity contribution in [1.82, 2.24) is 10.6 Å². The molecule has 0 heterocycles. The molecule has 0 unspecified atom stereocenters. The van der Waals surface area contributed by atoms with Gasteiger partial charge in [-0.05, 0) is 39.0 Å². The number of rotatable bonds is 11. The molecule has 100 valence electrons. The quantitative estimate of drug-likeness (QED) is 0.259. The maximum absolute atomic E-state index is 11.0. The highest BCUT2D eigenvalue weighted by Gasteiger charge is 2.16. The van der Waals surface area contributed by atoms with E-state index < -0.39 is 17.9 Å². The summed E-state index contributed by atoms with van der Waals surface area (Å²) in [5.74, 6) is -1.10. The molecular formula is C10H23N5O2. The molecule has 7 nitrogen and oxygen atoms in total. The monoisotopic (exact) mass is 245 g/mol. The summed E-state index contributed by atoms with van der Waals surface area (Å²) in [6, 6.07) is -0.670. The molecule has 17 heavy (non-hydrogen) atoms. The first-order valence-electron chi connectivity index (χ1n) is 5.79. The fourth-order valence-corrected chi connectivity index (χ4v) is 1.32. The zero-order valence-electron chi connectivity index (χ0n) is 10.1. The van der Waals surface area contributed by atoms with Crippen molar-refractivity contribution >= 4 is 11.8 Å². The van der Waals surface area contributed by atoms with Crippen molar-refractivity contribution in [3.8, 4) is 0 Å². The molecule has 0 fully saturated rings. The van der Waals surface area contributed by atoms with Gasteiger partial charge in [-0.2, -0.15) is 0 Å². The lowest BCUT2D eigenvalue weighted by atomic mass is 10.2. The van der Waals surface area contributed by atoms with Crippen molar-refractivity contribution in [1.29, 1.82) is 0 Å². The van der Waals surface area contributed by atoms with Crippen LogP contribution >= 0.6 is 0 Å². The van der Waals surface area contributed by atoms with Crippen LogP contribution in [0.1, 0.15) is 19.3 Å². The van der Waals surface area contributed by atoms with E-state index in [-0.39, 0.29) is 6.42 Å². The van der Waals surface area contributed by atoms with E-state index >= 15 is 0 Å². The average molecular weight is 245 g/mol. The molecule has 8 N–H and O–H groups in total. The second-order valence-corrected chi connectivity index (χ2v) is 3.83. The first-order valence-corrected chi connectivity index (χ1v) is 5.79. The minimum absolute atomic E-state index is 0.0596. The smallest absolute Gasteiger partial charge is 0.235 e. The Kier molecular flexibility index (Phi) is 9.31. The highest BCUT2D eigenvalue weighted by Crippen LogP contribution is 1.90. The molecule has 0 spiro atoms. The van der Waals surface area contributed by atoms with Gasteiger partial charge in [-0.3, -0.25) is 9.59 Å². The fourth-order valence-electron chi connectivity index (χ4n) is 1.32. The van der Waals surface area contributed by atoms with Crippen LogP contribution in [0.4, 0.5) is 0 Å². The van der Waals surface area contributed by atoms with Crippen molar-refractivity contribution in [2.24, 2.45) is 17.2 Å². The molecule has 0 aliphatic carbocycles. The summed E-state index contributed by atoms with van der Waals surface area (Å²) < 4.78 is 0. The largest absolute Gasteiger partial charge is 0.370 e. The molecule has 0 saturated heterocycles. The van der Waals surface area contributed by atoms with E-state index in [1.165, 1.54) is 0 Å². The number of hydrogen-bond donors (Lipinski definition) is 5. The van der Waals surface area contributed by atoms with E-state index in [0.717, 1.165) is 25.9 Å². The van der Waals surface area contributed by atoms with Crippen LogP contribution in [0.15, 0.2) is 0 Å². The lowest BCUT2D eigenvalue weighted by Crippen LogP contribution is -2.44. The topological polar surface area (TPSA) is 136 Å². The van der Waals surface area contributed by atoms with Crippen molar-refractivity contribution in [3.05, 3.63) is 0 Å². The molecule has 0 bridgehead atoms. The molecular weight excluding hydrogens is 222 g/mol. The molecule has 0 aliphatic rings. The minimum atomic E-state index is -0.670. The molecule has 7 heteroatoms. The molecule has 0 aromatic carbocycles. The summed E-state index contributed by atoms with van der Waals surface area (Å²) in [5, 5.41) is 6.10. The van der Waals surface area contributed by atoms with E-state index in [0.29, 0.717) is 13.1 Å². The van der Waals surface area contributed by atoms with Crippen LogP contribution in [0, 0.1) is 0 Å². The van der Waals surface area contributed by atoms with Crippen LogP contribution in [-0.4, -0.2) is 44.0 Å². The van der Waals surface area contributed by atoms with E-state index in [2.05, 4.69) is 10.6 Å². The third-order valence-electron chi connectivity index (χ3n) is 2.23. The summed E-state index contributed by atoms with van der Waals surface area (Å²) in [6.07, 6.45) is 1.72. The van der Waals surface area contributed by atoms with Gasteiger partial charge in [0.25, 0.3) is 0 Å². The number of carbonyl (C=O) groups is 2.